The van der Waals surface area contributed by atoms with Crippen LogP contribution in [0, 0.1) is 10.1 Å². The number of hydrogen-bond acceptors (Lipinski definition) is 5. The molecule has 1 amide bonds. The Hall–Kier alpha value is -2.15. The lowest BCUT2D eigenvalue weighted by Gasteiger charge is -2.22. The van der Waals surface area contributed by atoms with E-state index in [9.17, 15) is 14.9 Å². The molecule has 108 valence electrons. The Morgan fingerprint density at radius 1 is 1.45 bits per heavy atom. The molecule has 0 unspecified atom stereocenters. The fourth-order valence-electron chi connectivity index (χ4n) is 2.03. The molecule has 20 heavy (non-hydrogen) atoms. The number of hydrogen-bond donors (Lipinski definition) is 3. The Morgan fingerprint density at radius 2 is 2.15 bits per heavy atom. The lowest BCUT2D eigenvalue weighted by molar-refractivity contribution is -0.383. The van der Waals surface area contributed by atoms with Crippen LogP contribution in [0.5, 0.6) is 0 Å². The van der Waals surface area contributed by atoms with Gasteiger partial charge in [-0.3, -0.25) is 14.9 Å². The van der Waals surface area contributed by atoms with Crippen molar-refractivity contribution in [3.63, 3.8) is 0 Å². The van der Waals surface area contributed by atoms with E-state index in [1.54, 1.807) is 6.07 Å². The number of nitrogens with zero attached hydrogens (tertiary/aromatic N) is 1. The molecule has 0 atom stereocenters. The highest BCUT2D eigenvalue weighted by molar-refractivity contribution is 5.95. The molecule has 1 aliphatic rings. The molecule has 7 nitrogen and oxygen atoms in total. The van der Waals surface area contributed by atoms with E-state index in [-0.39, 0.29) is 11.6 Å². The van der Waals surface area contributed by atoms with E-state index >= 15 is 0 Å². The number of nitro groups is 1. The number of nitrogens with two attached hydrogens (primary N) is 1. The first-order valence-electron chi connectivity index (χ1n) is 6.40. The van der Waals surface area contributed by atoms with Gasteiger partial charge in [-0.25, -0.2) is 0 Å². The van der Waals surface area contributed by atoms with Crippen molar-refractivity contribution >= 4 is 23.0 Å². The first-order chi connectivity index (χ1) is 9.26. The summed E-state index contributed by atoms with van der Waals surface area (Å²) in [6, 6.07) is 3.12. The predicted octanol–water partition coefficient (Wildman–Crippen LogP) is 1.63. The molecule has 0 saturated carbocycles. The predicted molar refractivity (Wildman–Crippen MR) is 76.8 cm³/mol. The lowest BCUT2D eigenvalue weighted by Crippen LogP contribution is -2.39. The van der Waals surface area contributed by atoms with Gasteiger partial charge in [-0.05, 0) is 31.9 Å². The Morgan fingerprint density at radius 3 is 2.75 bits per heavy atom. The van der Waals surface area contributed by atoms with Gasteiger partial charge in [-0.15, -0.1) is 0 Å². The molecule has 1 heterocycles. The highest BCUT2D eigenvalue weighted by atomic mass is 16.6. The largest absolute Gasteiger partial charge is 0.378 e. The van der Waals surface area contributed by atoms with Crippen LogP contribution in [0.2, 0.25) is 0 Å². The summed E-state index contributed by atoms with van der Waals surface area (Å²) < 4.78 is 0. The van der Waals surface area contributed by atoms with Crippen LogP contribution in [0.25, 0.3) is 0 Å². The van der Waals surface area contributed by atoms with Gasteiger partial charge in [0.1, 0.15) is 5.69 Å². The van der Waals surface area contributed by atoms with Gasteiger partial charge in [-0.2, -0.15) is 0 Å². The van der Waals surface area contributed by atoms with Crippen LogP contribution in [-0.2, 0) is 11.2 Å². The van der Waals surface area contributed by atoms with E-state index < -0.39 is 10.5 Å². The van der Waals surface area contributed by atoms with Gasteiger partial charge in [0.25, 0.3) is 5.69 Å². The van der Waals surface area contributed by atoms with Gasteiger partial charge < -0.3 is 16.4 Å². The van der Waals surface area contributed by atoms with Gasteiger partial charge in [0.2, 0.25) is 5.91 Å². The van der Waals surface area contributed by atoms with E-state index in [2.05, 4.69) is 10.6 Å². The third-order valence-corrected chi connectivity index (χ3v) is 3.05. The first kappa shape index (κ1) is 14.3. The molecule has 0 saturated heterocycles. The minimum absolute atomic E-state index is 0.0600. The average molecular weight is 278 g/mol. The van der Waals surface area contributed by atoms with E-state index in [0.29, 0.717) is 30.8 Å². The average Bonchev–Trinajstić information content (AvgIpc) is 2.34. The van der Waals surface area contributed by atoms with Crippen molar-refractivity contribution < 1.29 is 9.72 Å². The summed E-state index contributed by atoms with van der Waals surface area (Å²) in [7, 11) is 0. The van der Waals surface area contributed by atoms with Crippen LogP contribution in [0.1, 0.15) is 25.8 Å². The number of nitrogens with one attached hydrogen (secondary N) is 2. The van der Waals surface area contributed by atoms with E-state index in [0.717, 1.165) is 5.56 Å². The molecule has 0 radical (unpaired) electrons. The van der Waals surface area contributed by atoms with Crippen molar-refractivity contribution in [1.82, 2.24) is 0 Å². The monoisotopic (exact) mass is 278 g/mol. The maximum Gasteiger partial charge on any atom is 0.294 e. The van der Waals surface area contributed by atoms with Crippen molar-refractivity contribution in [3.05, 3.63) is 27.8 Å². The van der Waals surface area contributed by atoms with Gasteiger partial charge in [0.15, 0.2) is 0 Å². The normalized spacial score (nSPS) is 14.4. The second-order valence-electron chi connectivity index (χ2n) is 5.67. The number of fused-ring (bicyclic) bond motifs is 1. The Kier molecular flexibility index (Phi) is 3.63. The standard InChI is InChI=1S/C13H18N4O3/c1-13(2,14)7-15-10-5-8-3-4-12(18)16-9(8)6-11(10)17(19)20/h5-6,15H,3-4,7,14H2,1-2H3,(H,16,18). The third-order valence-electron chi connectivity index (χ3n) is 3.05. The number of anilines is 2. The molecule has 0 fully saturated rings. The summed E-state index contributed by atoms with van der Waals surface area (Å²) >= 11 is 0. The maximum atomic E-state index is 11.3. The number of carbonyl (C=O) groups is 1. The summed E-state index contributed by atoms with van der Waals surface area (Å²) in [6.45, 7) is 4.09. The molecule has 1 aromatic rings. The zero-order valence-corrected chi connectivity index (χ0v) is 11.5. The van der Waals surface area contributed by atoms with Crippen molar-refractivity contribution in [2.45, 2.75) is 32.2 Å². The summed E-state index contributed by atoms with van der Waals surface area (Å²) in [5, 5.41) is 16.8. The zero-order chi connectivity index (χ0) is 14.9. The number of amides is 1. The maximum absolute atomic E-state index is 11.3. The molecule has 1 aromatic carbocycles. The molecule has 7 heteroatoms. The molecule has 0 spiro atoms. The molecular formula is C13H18N4O3. The summed E-state index contributed by atoms with van der Waals surface area (Å²) in [5.74, 6) is -0.115. The fourth-order valence-corrected chi connectivity index (χ4v) is 2.03. The highest BCUT2D eigenvalue weighted by Crippen LogP contribution is 2.34. The first-order valence-corrected chi connectivity index (χ1v) is 6.40. The molecule has 2 rings (SSSR count). The summed E-state index contributed by atoms with van der Waals surface area (Å²) in [5.41, 5.74) is 7.19. The number of rotatable bonds is 4. The smallest absolute Gasteiger partial charge is 0.294 e. The van der Waals surface area contributed by atoms with Crippen LogP contribution in [-0.4, -0.2) is 22.9 Å². The molecule has 0 aliphatic carbocycles. The lowest BCUT2D eigenvalue weighted by atomic mass is 10.0. The second-order valence-corrected chi connectivity index (χ2v) is 5.67. The molecular weight excluding hydrogens is 260 g/mol. The fraction of sp³-hybridized carbons (Fsp3) is 0.462. The topological polar surface area (TPSA) is 110 Å². The van der Waals surface area contributed by atoms with Crippen molar-refractivity contribution in [2.24, 2.45) is 5.73 Å². The Balaban J connectivity index is 2.35. The number of nitro benzene ring substituents is 1. The van der Waals surface area contributed by atoms with Gasteiger partial charge >= 0.3 is 0 Å². The minimum atomic E-state index is -0.474. The summed E-state index contributed by atoms with van der Waals surface area (Å²) in [6.07, 6.45) is 0.979. The van der Waals surface area contributed by atoms with Crippen LogP contribution < -0.4 is 16.4 Å². The quantitative estimate of drug-likeness (QED) is 0.572. The van der Waals surface area contributed by atoms with Crippen LogP contribution >= 0.6 is 0 Å². The van der Waals surface area contributed by atoms with Crippen LogP contribution in [0.15, 0.2) is 12.1 Å². The third kappa shape index (κ3) is 3.24. The minimum Gasteiger partial charge on any atom is -0.378 e. The number of carbonyl (C=O) groups excluding carboxylic acids is 1. The second kappa shape index (κ2) is 5.09. The zero-order valence-electron chi connectivity index (χ0n) is 11.5. The number of aryl methyl sites for hydroxylation is 1. The van der Waals surface area contributed by atoms with E-state index in [4.69, 9.17) is 5.73 Å². The van der Waals surface area contributed by atoms with Crippen LogP contribution in [0.4, 0.5) is 17.1 Å². The SMILES string of the molecule is CC(C)(N)CNc1cc2c(cc1[N+](=O)[O-])NC(=O)CC2. The number of benzene rings is 1. The van der Waals surface area contributed by atoms with Crippen molar-refractivity contribution in [2.75, 3.05) is 17.2 Å². The van der Waals surface area contributed by atoms with Gasteiger partial charge in [0, 0.05) is 24.6 Å². The Bertz CT molecular complexity index is 563. The summed E-state index contributed by atoms with van der Waals surface area (Å²) in [4.78, 5) is 22.0. The molecule has 4 N–H and O–H groups in total. The highest BCUT2D eigenvalue weighted by Gasteiger charge is 2.23. The van der Waals surface area contributed by atoms with Gasteiger partial charge in [0.05, 0.1) is 10.6 Å². The van der Waals surface area contributed by atoms with Crippen molar-refractivity contribution in [3.8, 4) is 0 Å². The Labute approximate surface area is 116 Å². The van der Waals surface area contributed by atoms with Crippen molar-refractivity contribution in [1.29, 1.82) is 0 Å². The molecule has 0 bridgehead atoms. The van der Waals surface area contributed by atoms with E-state index in [1.807, 2.05) is 13.8 Å². The van der Waals surface area contributed by atoms with Crippen LogP contribution in [0.3, 0.4) is 0 Å². The molecule has 0 aromatic heterocycles. The molecule has 1 aliphatic heterocycles. The van der Waals surface area contributed by atoms with E-state index in [1.165, 1.54) is 6.07 Å². The van der Waals surface area contributed by atoms with Gasteiger partial charge in [-0.1, -0.05) is 0 Å².